The molecule has 0 aliphatic rings. The van der Waals surface area contributed by atoms with Gasteiger partial charge in [0.15, 0.2) is 0 Å². The molecule has 0 bridgehead atoms. The minimum Gasteiger partial charge on any atom is -0.258 e. The molecule has 0 saturated carbocycles. The van der Waals surface area contributed by atoms with E-state index in [4.69, 9.17) is 0 Å². The van der Waals surface area contributed by atoms with Crippen LogP contribution >= 0.6 is 0 Å². The van der Waals surface area contributed by atoms with Gasteiger partial charge in [-0.3, -0.25) is 4.99 Å². The van der Waals surface area contributed by atoms with Crippen LogP contribution in [0.1, 0.15) is 13.8 Å². The molecule has 1 nitrogen and oxygen atoms in total. The molecule has 0 fully saturated rings. The number of nitrogens with zero attached hydrogens (tertiary/aromatic N) is 1. The second-order valence-corrected chi connectivity index (χ2v) is 2.54. The van der Waals surface area contributed by atoms with Crippen LogP contribution in [0.5, 0.6) is 0 Å². The van der Waals surface area contributed by atoms with Gasteiger partial charge in [0.25, 0.3) is 0 Å². The molecule has 0 N–H and O–H groups in total. The maximum absolute atomic E-state index is 12.4. The quantitative estimate of drug-likeness (QED) is 0.547. The van der Waals surface area contributed by atoms with Gasteiger partial charge in [0.2, 0.25) is 0 Å². The van der Waals surface area contributed by atoms with Crippen LogP contribution in [-0.2, 0) is 0 Å². The van der Waals surface area contributed by atoms with Crippen LogP contribution in [0.15, 0.2) is 29.3 Å². The molecule has 0 amide bonds. The molecule has 0 aliphatic carbocycles. The number of halogens is 1. The van der Waals surface area contributed by atoms with Gasteiger partial charge >= 0.3 is 0 Å². The molecule has 58 valence electrons. The van der Waals surface area contributed by atoms with Crippen molar-refractivity contribution in [1.82, 2.24) is 0 Å². The predicted octanol–water partition coefficient (Wildman–Crippen LogP) is 2.94. The van der Waals surface area contributed by atoms with Crippen molar-refractivity contribution in [2.45, 2.75) is 13.8 Å². The Hall–Kier alpha value is -1.18. The number of rotatable bonds is 1. The van der Waals surface area contributed by atoms with E-state index in [-0.39, 0.29) is 5.82 Å². The number of hydrogen-bond acceptors (Lipinski definition) is 1. The van der Waals surface area contributed by atoms with Crippen molar-refractivity contribution >= 4 is 11.4 Å². The van der Waals surface area contributed by atoms with Crippen LogP contribution in [0.25, 0.3) is 0 Å². The molecule has 11 heavy (non-hydrogen) atoms. The summed E-state index contributed by atoms with van der Waals surface area (Å²) in [6.45, 7) is 3.81. The molecule has 0 radical (unpaired) electrons. The van der Waals surface area contributed by atoms with E-state index in [1.165, 1.54) is 12.1 Å². The summed E-state index contributed by atoms with van der Waals surface area (Å²) in [7, 11) is 0. The normalized spacial score (nSPS) is 9.36. The lowest BCUT2D eigenvalue weighted by molar-refractivity contribution is 0.628. The Morgan fingerprint density at radius 1 is 1.18 bits per heavy atom. The predicted molar refractivity (Wildman–Crippen MR) is 44.8 cm³/mol. The number of benzene rings is 1. The van der Waals surface area contributed by atoms with E-state index in [0.717, 1.165) is 11.4 Å². The maximum atomic E-state index is 12.4. The van der Waals surface area contributed by atoms with E-state index in [2.05, 4.69) is 4.99 Å². The first kappa shape index (κ1) is 7.92. The van der Waals surface area contributed by atoms with Gasteiger partial charge in [-0.15, -0.1) is 0 Å². The smallest absolute Gasteiger partial charge is 0.123 e. The van der Waals surface area contributed by atoms with Crippen LogP contribution in [0.4, 0.5) is 10.1 Å². The first-order valence-corrected chi connectivity index (χ1v) is 3.46. The standard InChI is InChI=1S/C9H10FN/c1-7(2)11-9-5-3-8(10)4-6-9/h3-6H,1-2H3. The number of hydrogen-bond donors (Lipinski definition) is 0. The van der Waals surface area contributed by atoms with Gasteiger partial charge in [0, 0.05) is 5.71 Å². The molecule has 1 aromatic rings. The first-order chi connectivity index (χ1) is 5.18. The Labute approximate surface area is 65.6 Å². The highest BCUT2D eigenvalue weighted by Crippen LogP contribution is 2.11. The third kappa shape index (κ3) is 2.50. The average molecular weight is 151 g/mol. The summed E-state index contributed by atoms with van der Waals surface area (Å²) >= 11 is 0. The van der Waals surface area contributed by atoms with Gasteiger partial charge in [-0.05, 0) is 38.1 Å². The van der Waals surface area contributed by atoms with E-state index in [0.29, 0.717) is 0 Å². The van der Waals surface area contributed by atoms with Gasteiger partial charge in [-0.25, -0.2) is 4.39 Å². The first-order valence-electron chi connectivity index (χ1n) is 3.46. The van der Waals surface area contributed by atoms with E-state index < -0.39 is 0 Å². The lowest BCUT2D eigenvalue weighted by Crippen LogP contribution is -1.78. The van der Waals surface area contributed by atoms with Gasteiger partial charge < -0.3 is 0 Å². The largest absolute Gasteiger partial charge is 0.258 e. The molecule has 0 aromatic heterocycles. The summed E-state index contributed by atoms with van der Waals surface area (Å²) in [6.07, 6.45) is 0. The van der Waals surface area contributed by atoms with Crippen molar-refractivity contribution in [1.29, 1.82) is 0 Å². The molecule has 0 heterocycles. The summed E-state index contributed by atoms with van der Waals surface area (Å²) in [4.78, 5) is 4.15. The van der Waals surface area contributed by atoms with Crippen LogP contribution < -0.4 is 0 Å². The zero-order valence-corrected chi connectivity index (χ0v) is 6.63. The van der Waals surface area contributed by atoms with Gasteiger partial charge in [-0.1, -0.05) is 0 Å². The van der Waals surface area contributed by atoms with Crippen LogP contribution in [0.3, 0.4) is 0 Å². The van der Waals surface area contributed by atoms with Crippen molar-refractivity contribution < 1.29 is 4.39 Å². The SMILES string of the molecule is CC(C)=Nc1ccc(F)cc1. The van der Waals surface area contributed by atoms with E-state index in [1.54, 1.807) is 12.1 Å². The van der Waals surface area contributed by atoms with Gasteiger partial charge in [0.1, 0.15) is 5.82 Å². The fraction of sp³-hybridized carbons (Fsp3) is 0.222. The fourth-order valence-electron chi connectivity index (χ4n) is 0.774. The molecule has 0 aliphatic heterocycles. The zero-order valence-electron chi connectivity index (χ0n) is 6.63. The zero-order chi connectivity index (χ0) is 8.27. The molecule has 1 rings (SSSR count). The van der Waals surface area contributed by atoms with Crippen molar-refractivity contribution in [3.05, 3.63) is 30.1 Å². The Bertz CT molecular complexity index is 257. The summed E-state index contributed by atoms with van der Waals surface area (Å²) in [5, 5.41) is 0. The minimum absolute atomic E-state index is 0.224. The van der Waals surface area contributed by atoms with Crippen molar-refractivity contribution in [3.8, 4) is 0 Å². The summed E-state index contributed by atoms with van der Waals surface area (Å²) in [6, 6.07) is 6.12. The van der Waals surface area contributed by atoms with Crippen molar-refractivity contribution in [3.63, 3.8) is 0 Å². The molecular weight excluding hydrogens is 141 g/mol. The third-order valence-electron chi connectivity index (χ3n) is 1.18. The fourth-order valence-corrected chi connectivity index (χ4v) is 0.774. The topological polar surface area (TPSA) is 12.4 Å². The van der Waals surface area contributed by atoms with Crippen molar-refractivity contribution in [2.24, 2.45) is 4.99 Å². The minimum atomic E-state index is -0.224. The highest BCUT2D eigenvalue weighted by atomic mass is 19.1. The molecule has 0 atom stereocenters. The highest BCUT2D eigenvalue weighted by molar-refractivity contribution is 5.81. The van der Waals surface area contributed by atoms with Gasteiger partial charge in [0.05, 0.1) is 5.69 Å². The third-order valence-corrected chi connectivity index (χ3v) is 1.18. The van der Waals surface area contributed by atoms with Crippen LogP contribution in [0.2, 0.25) is 0 Å². The average Bonchev–Trinajstić information content (AvgIpc) is 1.93. The molecule has 0 spiro atoms. The molecule has 2 heteroatoms. The Kier molecular flexibility index (Phi) is 2.36. The molecule has 0 saturated heterocycles. The summed E-state index contributed by atoms with van der Waals surface area (Å²) in [5.74, 6) is -0.224. The number of aliphatic imine (C=N–C) groups is 1. The van der Waals surface area contributed by atoms with E-state index in [9.17, 15) is 4.39 Å². The van der Waals surface area contributed by atoms with E-state index >= 15 is 0 Å². The second-order valence-electron chi connectivity index (χ2n) is 2.54. The highest BCUT2D eigenvalue weighted by Gasteiger charge is 1.89. The lowest BCUT2D eigenvalue weighted by Gasteiger charge is -1.93. The monoisotopic (exact) mass is 151 g/mol. The molecular formula is C9H10FN. The maximum Gasteiger partial charge on any atom is 0.123 e. The second kappa shape index (κ2) is 3.28. The van der Waals surface area contributed by atoms with E-state index in [1.807, 2.05) is 13.8 Å². The van der Waals surface area contributed by atoms with Crippen LogP contribution in [0, 0.1) is 5.82 Å². The summed E-state index contributed by atoms with van der Waals surface area (Å²) < 4.78 is 12.4. The summed E-state index contributed by atoms with van der Waals surface area (Å²) in [5.41, 5.74) is 1.77. The van der Waals surface area contributed by atoms with Crippen molar-refractivity contribution in [2.75, 3.05) is 0 Å². The lowest BCUT2D eigenvalue weighted by atomic mass is 10.3. The Balaban J connectivity index is 2.91. The van der Waals surface area contributed by atoms with Gasteiger partial charge in [-0.2, -0.15) is 0 Å². The Morgan fingerprint density at radius 2 is 1.73 bits per heavy atom. The Morgan fingerprint density at radius 3 is 2.18 bits per heavy atom. The molecule has 0 unspecified atom stereocenters. The molecule has 1 aromatic carbocycles. The van der Waals surface area contributed by atoms with Crippen LogP contribution in [-0.4, -0.2) is 5.71 Å².